The molecule has 2 rings (SSSR count). The monoisotopic (exact) mass is 294 g/mol. The lowest BCUT2D eigenvalue weighted by Gasteiger charge is -2.10. The van der Waals surface area contributed by atoms with Crippen LogP contribution in [0.2, 0.25) is 0 Å². The molecule has 1 amide bonds. The Kier molecular flexibility index (Phi) is 3.17. The van der Waals surface area contributed by atoms with Gasteiger partial charge in [-0.3, -0.25) is 4.79 Å². The maximum Gasteiger partial charge on any atom is 0.472 e. The minimum Gasteiger partial charge on any atom is -0.384 e. The van der Waals surface area contributed by atoms with E-state index < -0.39 is 22.1 Å². The smallest absolute Gasteiger partial charge is 0.384 e. The summed E-state index contributed by atoms with van der Waals surface area (Å²) in [5.41, 5.74) is 1.42. The van der Waals surface area contributed by atoms with Gasteiger partial charge in [-0.1, -0.05) is 0 Å². The second-order valence-corrected chi connectivity index (χ2v) is 5.61. The van der Waals surface area contributed by atoms with Crippen LogP contribution in [0.3, 0.4) is 0 Å². The molecular weight excluding hydrogens is 285 g/mol. The molecule has 0 unspecified atom stereocenters. The normalized spacial score (nSPS) is 14.7. The number of alkyl halides is 3. The summed E-state index contributed by atoms with van der Waals surface area (Å²) in [4.78, 5) is 10.3. The zero-order chi connectivity index (χ0) is 14.3. The van der Waals surface area contributed by atoms with E-state index >= 15 is 0 Å². The summed E-state index contributed by atoms with van der Waals surface area (Å²) in [5.74, 6) is -2.51. The van der Waals surface area contributed by atoms with Gasteiger partial charge >= 0.3 is 12.1 Å². The van der Waals surface area contributed by atoms with Crippen molar-refractivity contribution < 1.29 is 26.4 Å². The predicted molar refractivity (Wildman–Crippen MR) is 60.0 cm³/mol. The van der Waals surface area contributed by atoms with Crippen molar-refractivity contribution in [3.63, 3.8) is 0 Å². The van der Waals surface area contributed by atoms with Crippen molar-refractivity contribution in [2.45, 2.75) is 17.5 Å². The first-order valence-electron chi connectivity index (χ1n) is 5.21. The van der Waals surface area contributed by atoms with Gasteiger partial charge < -0.3 is 5.32 Å². The number of amides is 1. The number of nitrogens with one attached hydrogen (secondary N) is 2. The Morgan fingerprint density at radius 3 is 2.63 bits per heavy atom. The maximum atomic E-state index is 12.0. The van der Waals surface area contributed by atoms with Crippen LogP contribution in [0.5, 0.6) is 0 Å². The molecule has 19 heavy (non-hydrogen) atoms. The molecule has 1 aliphatic heterocycles. The van der Waals surface area contributed by atoms with Crippen LogP contribution < -0.4 is 10.0 Å². The number of carbonyl (C=O) groups is 1. The molecule has 0 saturated heterocycles. The topological polar surface area (TPSA) is 75.3 Å². The highest BCUT2D eigenvalue weighted by atomic mass is 32.2. The molecule has 5 nitrogen and oxygen atoms in total. The Morgan fingerprint density at radius 1 is 1.32 bits per heavy atom. The molecular formula is C10H9F3N2O3S. The highest BCUT2D eigenvalue weighted by Gasteiger charge is 2.41. The highest BCUT2D eigenvalue weighted by molar-refractivity contribution is 7.90. The third-order valence-corrected chi connectivity index (χ3v) is 3.91. The fraction of sp³-hybridized carbons (Fsp3) is 0.300. The Hall–Kier alpha value is -1.77. The first-order valence-corrected chi connectivity index (χ1v) is 6.69. The molecule has 2 N–H and O–H groups in total. The van der Waals surface area contributed by atoms with E-state index in [1.807, 2.05) is 0 Å². The summed E-state index contributed by atoms with van der Waals surface area (Å²) in [6.07, 6.45) is -4.67. The van der Waals surface area contributed by atoms with Crippen LogP contribution in [0.15, 0.2) is 23.1 Å². The fourth-order valence-corrected chi connectivity index (χ4v) is 2.71. The Balaban J connectivity index is 2.28. The van der Waals surface area contributed by atoms with Crippen molar-refractivity contribution in [3.8, 4) is 0 Å². The molecule has 1 aliphatic rings. The lowest BCUT2D eigenvalue weighted by Crippen LogP contribution is -2.40. The molecule has 0 saturated carbocycles. The minimum atomic E-state index is -5.24. The van der Waals surface area contributed by atoms with Crippen LogP contribution in [-0.4, -0.2) is 27.0 Å². The number of fused-ring (bicyclic) bond motifs is 1. The van der Waals surface area contributed by atoms with E-state index in [9.17, 15) is 26.4 Å². The van der Waals surface area contributed by atoms with Crippen LogP contribution in [0.25, 0.3) is 0 Å². The van der Waals surface area contributed by atoms with Crippen LogP contribution in [0.1, 0.15) is 5.56 Å². The fourth-order valence-electron chi connectivity index (χ4n) is 1.69. The van der Waals surface area contributed by atoms with E-state index in [1.165, 1.54) is 12.1 Å². The lowest BCUT2D eigenvalue weighted by molar-refractivity contribution is -0.171. The van der Waals surface area contributed by atoms with E-state index in [4.69, 9.17) is 0 Å². The van der Waals surface area contributed by atoms with E-state index in [0.717, 1.165) is 16.5 Å². The molecule has 104 valence electrons. The molecule has 0 aliphatic carbocycles. The minimum absolute atomic E-state index is 0.368. The largest absolute Gasteiger partial charge is 0.472 e. The number of halogens is 3. The number of anilines is 1. The molecule has 0 bridgehead atoms. The van der Waals surface area contributed by atoms with Crippen molar-refractivity contribution in [1.82, 2.24) is 4.72 Å². The van der Waals surface area contributed by atoms with Crippen LogP contribution in [0, 0.1) is 0 Å². The van der Waals surface area contributed by atoms with Gasteiger partial charge in [0.05, 0.1) is 4.90 Å². The molecule has 0 fully saturated rings. The van der Waals surface area contributed by atoms with E-state index in [-0.39, 0.29) is 4.90 Å². The quantitative estimate of drug-likeness (QED) is 0.854. The third kappa shape index (κ3) is 2.80. The summed E-state index contributed by atoms with van der Waals surface area (Å²) >= 11 is 0. The van der Waals surface area contributed by atoms with Gasteiger partial charge in [-0.2, -0.15) is 13.2 Å². The molecule has 1 heterocycles. The second kappa shape index (κ2) is 4.41. The lowest BCUT2D eigenvalue weighted by atomic mass is 10.2. The van der Waals surface area contributed by atoms with Gasteiger partial charge in [0.2, 0.25) is 0 Å². The average molecular weight is 294 g/mol. The number of hydrogen-bond acceptors (Lipinski definition) is 4. The first kappa shape index (κ1) is 13.7. The summed E-state index contributed by atoms with van der Waals surface area (Å²) in [7, 11) is -4.51. The molecule has 9 heteroatoms. The van der Waals surface area contributed by atoms with E-state index in [1.54, 1.807) is 0 Å². The summed E-state index contributed by atoms with van der Waals surface area (Å²) in [6, 6.07) is 3.85. The zero-order valence-corrected chi connectivity index (χ0v) is 10.2. The number of sulfonamides is 1. The summed E-state index contributed by atoms with van der Waals surface area (Å²) < 4.78 is 60.4. The SMILES string of the molecule is O=C(NS(=O)(=O)c1ccc2c(c1)CCN2)C(F)(F)F. The van der Waals surface area contributed by atoms with Gasteiger partial charge in [-0.25, -0.2) is 13.1 Å². The summed E-state index contributed by atoms with van der Waals surface area (Å²) in [5, 5.41) is 2.98. The van der Waals surface area contributed by atoms with Crippen LogP contribution >= 0.6 is 0 Å². The number of rotatable bonds is 2. The van der Waals surface area contributed by atoms with Gasteiger partial charge in [0.25, 0.3) is 10.0 Å². The summed E-state index contributed by atoms with van der Waals surface area (Å²) in [6.45, 7) is 0.633. The van der Waals surface area contributed by atoms with Gasteiger partial charge in [-0.05, 0) is 30.2 Å². The van der Waals surface area contributed by atoms with Crippen molar-refractivity contribution in [1.29, 1.82) is 0 Å². The van der Waals surface area contributed by atoms with E-state index in [0.29, 0.717) is 18.5 Å². The average Bonchev–Trinajstić information content (AvgIpc) is 2.73. The molecule has 0 radical (unpaired) electrons. The molecule has 0 spiro atoms. The first-order chi connectivity index (χ1) is 8.70. The van der Waals surface area contributed by atoms with Crippen LogP contribution in [0.4, 0.5) is 18.9 Å². The standard InChI is InChI=1S/C10H9F3N2O3S/c11-10(12,13)9(16)15-19(17,18)7-1-2-8-6(5-7)3-4-14-8/h1-2,5,14H,3-4H2,(H,15,16). The predicted octanol–water partition coefficient (Wildman–Crippen LogP) is 1.02. The van der Waals surface area contributed by atoms with Gasteiger partial charge in [0, 0.05) is 12.2 Å². The van der Waals surface area contributed by atoms with Crippen molar-refractivity contribution >= 4 is 21.6 Å². The van der Waals surface area contributed by atoms with Crippen molar-refractivity contribution in [2.75, 3.05) is 11.9 Å². The van der Waals surface area contributed by atoms with Gasteiger partial charge in [0.1, 0.15) is 0 Å². The van der Waals surface area contributed by atoms with Gasteiger partial charge in [-0.15, -0.1) is 0 Å². The Morgan fingerprint density at radius 2 is 2.00 bits per heavy atom. The van der Waals surface area contributed by atoms with E-state index in [2.05, 4.69) is 5.32 Å². The number of carbonyl (C=O) groups excluding carboxylic acids is 1. The maximum absolute atomic E-state index is 12.0. The Bertz CT molecular complexity index is 625. The zero-order valence-electron chi connectivity index (χ0n) is 9.41. The molecule has 0 atom stereocenters. The Labute approximate surface area is 106 Å². The van der Waals surface area contributed by atoms with Crippen LogP contribution in [-0.2, 0) is 21.2 Å². The number of benzene rings is 1. The van der Waals surface area contributed by atoms with Crippen molar-refractivity contribution in [3.05, 3.63) is 23.8 Å². The molecule has 1 aromatic rings. The molecule has 0 aromatic heterocycles. The second-order valence-electron chi connectivity index (χ2n) is 3.93. The van der Waals surface area contributed by atoms with Gasteiger partial charge in [0.15, 0.2) is 0 Å². The third-order valence-electron chi connectivity index (χ3n) is 2.58. The highest BCUT2D eigenvalue weighted by Crippen LogP contribution is 2.25. The molecule has 1 aromatic carbocycles. The number of hydrogen-bond donors (Lipinski definition) is 2. The van der Waals surface area contributed by atoms with Crippen molar-refractivity contribution in [2.24, 2.45) is 0 Å².